The van der Waals surface area contributed by atoms with Crippen LogP contribution >= 0.6 is 22.3 Å². The second kappa shape index (κ2) is 4.59. The molecule has 0 radical (unpaired) electrons. The highest BCUT2D eigenvalue weighted by atomic mass is 35.7. The number of hydrogen-bond donors (Lipinski definition) is 0. The maximum absolute atomic E-state index is 12.4. The number of nitrogens with zero attached hydrogens (tertiary/aromatic N) is 1. The van der Waals surface area contributed by atoms with Gasteiger partial charge in [-0.1, -0.05) is 0 Å². The first-order chi connectivity index (χ1) is 6.86. The van der Waals surface area contributed by atoms with E-state index in [2.05, 4.69) is 4.98 Å². The van der Waals surface area contributed by atoms with Crippen molar-refractivity contribution in [1.82, 2.24) is 4.98 Å². The summed E-state index contributed by atoms with van der Waals surface area (Å²) < 4.78 is 46.4. The van der Waals surface area contributed by atoms with Gasteiger partial charge in [0.05, 0.1) is 11.6 Å². The first kappa shape index (κ1) is 12.6. The van der Waals surface area contributed by atoms with Gasteiger partial charge in [-0.2, -0.15) is 0 Å². The third-order valence-electron chi connectivity index (χ3n) is 1.60. The predicted octanol–water partition coefficient (Wildman–Crippen LogP) is 2.69. The summed E-state index contributed by atoms with van der Waals surface area (Å²) in [7, 11) is 0.978. The Labute approximate surface area is 94.4 Å². The molecule has 0 aromatic carbocycles. The van der Waals surface area contributed by atoms with Gasteiger partial charge in [-0.3, -0.25) is 0 Å². The molecule has 1 heterocycles. The lowest BCUT2D eigenvalue weighted by Gasteiger charge is -2.05. The molecule has 0 aliphatic rings. The van der Waals surface area contributed by atoms with Crippen LogP contribution in [-0.2, 0) is 14.9 Å². The van der Waals surface area contributed by atoms with Gasteiger partial charge in [0.1, 0.15) is 0 Å². The van der Waals surface area contributed by atoms with Crippen LogP contribution in [0, 0.1) is 0 Å². The Morgan fingerprint density at radius 3 is 2.40 bits per heavy atom. The minimum atomic E-state index is -4.02. The molecule has 0 atom stereocenters. The van der Waals surface area contributed by atoms with E-state index in [0.29, 0.717) is 0 Å². The molecule has 3 nitrogen and oxygen atoms in total. The highest BCUT2D eigenvalue weighted by Gasteiger charge is 2.18. The van der Waals surface area contributed by atoms with Crippen LogP contribution in [0.5, 0.6) is 0 Å². The van der Waals surface area contributed by atoms with Crippen LogP contribution in [0.1, 0.15) is 17.7 Å². The monoisotopic (exact) mass is 275 g/mol. The lowest BCUT2D eigenvalue weighted by molar-refractivity contribution is 0.150. The average molecular weight is 276 g/mol. The Morgan fingerprint density at radius 1 is 1.40 bits per heavy atom. The molecule has 1 aromatic rings. The Kier molecular flexibility index (Phi) is 3.86. The number of rotatable bonds is 3. The first-order valence-corrected chi connectivity index (χ1v) is 6.49. The zero-order valence-electron chi connectivity index (χ0n) is 7.12. The molecular weight excluding hydrogens is 271 g/mol. The van der Waals surface area contributed by atoms with E-state index in [1.165, 1.54) is 0 Å². The Morgan fingerprint density at radius 2 is 2.00 bits per heavy atom. The fraction of sp³-hybridized carbons (Fsp3) is 0.286. The molecule has 0 bridgehead atoms. The summed E-state index contributed by atoms with van der Waals surface area (Å²) in [6, 6.07) is 1.87. The zero-order valence-corrected chi connectivity index (χ0v) is 9.45. The van der Waals surface area contributed by atoms with Gasteiger partial charge in [0.15, 0.2) is 5.03 Å². The van der Waals surface area contributed by atoms with Crippen molar-refractivity contribution in [3.05, 3.63) is 23.4 Å². The molecule has 1 aromatic heterocycles. The minimum absolute atomic E-state index is 0.187. The van der Waals surface area contributed by atoms with Crippen LogP contribution in [0.25, 0.3) is 0 Å². The summed E-state index contributed by atoms with van der Waals surface area (Å²) in [4.78, 5) is 3.45. The molecule has 0 aliphatic carbocycles. The van der Waals surface area contributed by atoms with Crippen LogP contribution in [0.15, 0.2) is 17.2 Å². The predicted molar refractivity (Wildman–Crippen MR) is 51.8 cm³/mol. The number of aromatic nitrogens is 1. The SMILES string of the molecule is O=S(=O)(Cl)c1ccc(C(F)F)c(CCl)n1. The van der Waals surface area contributed by atoms with E-state index < -0.39 is 26.1 Å². The van der Waals surface area contributed by atoms with Gasteiger partial charge < -0.3 is 0 Å². The van der Waals surface area contributed by atoms with Crippen LogP contribution < -0.4 is 0 Å². The molecule has 0 aliphatic heterocycles. The molecule has 84 valence electrons. The van der Waals surface area contributed by atoms with E-state index in [0.717, 1.165) is 12.1 Å². The second-order valence-corrected chi connectivity index (χ2v) is 5.34. The summed E-state index contributed by atoms with van der Waals surface area (Å²) in [5.74, 6) is -0.306. The lowest BCUT2D eigenvalue weighted by atomic mass is 10.2. The molecule has 0 fully saturated rings. The first-order valence-electron chi connectivity index (χ1n) is 3.65. The van der Waals surface area contributed by atoms with Crippen molar-refractivity contribution in [1.29, 1.82) is 0 Å². The van der Waals surface area contributed by atoms with Crippen molar-refractivity contribution < 1.29 is 17.2 Å². The fourth-order valence-electron chi connectivity index (χ4n) is 0.934. The number of alkyl halides is 3. The van der Waals surface area contributed by atoms with Crippen LogP contribution in [0.4, 0.5) is 8.78 Å². The molecule has 0 unspecified atom stereocenters. The Bertz CT molecular complexity index is 464. The van der Waals surface area contributed by atoms with Crippen molar-refractivity contribution in [2.75, 3.05) is 0 Å². The normalized spacial score (nSPS) is 12.1. The third-order valence-corrected chi connectivity index (χ3v) is 3.05. The van der Waals surface area contributed by atoms with Gasteiger partial charge >= 0.3 is 0 Å². The molecule has 15 heavy (non-hydrogen) atoms. The van der Waals surface area contributed by atoms with Crippen molar-refractivity contribution >= 4 is 31.3 Å². The van der Waals surface area contributed by atoms with E-state index in [1.54, 1.807) is 0 Å². The summed E-state index contributed by atoms with van der Waals surface area (Å²) in [6.45, 7) is 0. The minimum Gasteiger partial charge on any atom is -0.238 e. The molecule has 8 heteroatoms. The summed E-state index contributed by atoms with van der Waals surface area (Å²) in [5.41, 5.74) is -0.581. The van der Waals surface area contributed by atoms with Gasteiger partial charge in [0.2, 0.25) is 0 Å². The van der Waals surface area contributed by atoms with E-state index in [1.807, 2.05) is 0 Å². The van der Waals surface area contributed by atoms with Gasteiger partial charge in [0.25, 0.3) is 15.5 Å². The van der Waals surface area contributed by atoms with Crippen molar-refractivity contribution in [3.63, 3.8) is 0 Å². The third kappa shape index (κ3) is 2.99. The van der Waals surface area contributed by atoms with E-state index in [9.17, 15) is 17.2 Å². The summed E-state index contributed by atoms with van der Waals surface area (Å²) >= 11 is 5.36. The Balaban J connectivity index is 3.32. The van der Waals surface area contributed by atoms with Crippen LogP contribution in [0.3, 0.4) is 0 Å². The van der Waals surface area contributed by atoms with Gasteiger partial charge in [-0.05, 0) is 12.1 Å². The highest BCUT2D eigenvalue weighted by molar-refractivity contribution is 8.13. The lowest BCUT2D eigenvalue weighted by Crippen LogP contribution is -2.02. The highest BCUT2D eigenvalue weighted by Crippen LogP contribution is 2.25. The number of halogens is 4. The molecular formula is C7H5Cl2F2NO2S. The van der Waals surface area contributed by atoms with Crippen molar-refractivity contribution in [3.8, 4) is 0 Å². The molecule has 0 saturated carbocycles. The van der Waals surface area contributed by atoms with E-state index in [4.69, 9.17) is 22.3 Å². The maximum atomic E-state index is 12.4. The van der Waals surface area contributed by atoms with E-state index >= 15 is 0 Å². The quantitative estimate of drug-likeness (QED) is 0.630. The van der Waals surface area contributed by atoms with Crippen molar-refractivity contribution in [2.45, 2.75) is 17.3 Å². The van der Waals surface area contributed by atoms with Gasteiger partial charge in [-0.25, -0.2) is 22.2 Å². The maximum Gasteiger partial charge on any atom is 0.278 e. The van der Waals surface area contributed by atoms with Crippen molar-refractivity contribution in [2.24, 2.45) is 0 Å². The van der Waals surface area contributed by atoms with Crippen LogP contribution in [-0.4, -0.2) is 13.4 Å². The number of pyridine rings is 1. The molecule has 1 rings (SSSR count). The van der Waals surface area contributed by atoms with Gasteiger partial charge in [-0.15, -0.1) is 11.6 Å². The fourth-order valence-corrected chi connectivity index (χ4v) is 1.86. The average Bonchev–Trinajstić information content (AvgIpc) is 2.15. The molecule has 0 amide bonds. The molecule has 0 N–H and O–H groups in total. The van der Waals surface area contributed by atoms with Gasteiger partial charge in [0, 0.05) is 16.2 Å². The Hall–Kier alpha value is -0.460. The smallest absolute Gasteiger partial charge is 0.238 e. The molecule has 0 saturated heterocycles. The van der Waals surface area contributed by atoms with Crippen LogP contribution in [0.2, 0.25) is 0 Å². The standard InChI is InChI=1S/C7H5Cl2F2NO2S/c8-3-5-4(7(10)11)1-2-6(12-5)15(9,13)14/h1-2,7H,3H2. The zero-order chi connectivity index (χ0) is 11.6. The number of hydrogen-bond acceptors (Lipinski definition) is 3. The largest absolute Gasteiger partial charge is 0.278 e. The summed E-state index contributed by atoms with van der Waals surface area (Å²) in [5, 5.41) is -0.482. The topological polar surface area (TPSA) is 47.0 Å². The molecule has 0 spiro atoms. The van der Waals surface area contributed by atoms with E-state index in [-0.39, 0.29) is 11.6 Å². The summed E-state index contributed by atoms with van der Waals surface area (Å²) in [6.07, 6.45) is -2.75. The second-order valence-electron chi connectivity index (χ2n) is 2.56.